The van der Waals surface area contributed by atoms with E-state index in [0.717, 1.165) is 18.6 Å². The standard InChI is InChI=1S/C31H34ClF4N5O4/c1-3-24-30(16-23(38-24)28(42)43)7-9-41(10-8-30)25-15-26(40-29(37)39-25)45-27(31(34,35)36)21-6-5-18(32)13-22(21)17-11-19(33)14-20(12-17)44-4-2/h5-6,11-15,23-24,27,38H,3-4,7-10,16H2,1-2H3,(H,42,43)(H2,37,39,40)/t23?,24?,27-/m1/s1. The minimum absolute atomic E-state index is 0.00387. The van der Waals surface area contributed by atoms with Gasteiger partial charge in [-0.05, 0) is 73.4 Å². The van der Waals surface area contributed by atoms with E-state index in [4.69, 9.17) is 26.8 Å². The average molecular weight is 652 g/mol. The topological polar surface area (TPSA) is 123 Å². The molecule has 2 aliphatic heterocycles. The number of halogens is 5. The van der Waals surface area contributed by atoms with E-state index in [1.807, 2.05) is 11.8 Å². The van der Waals surface area contributed by atoms with Crippen molar-refractivity contribution in [2.45, 2.75) is 63.9 Å². The van der Waals surface area contributed by atoms with Gasteiger partial charge in [-0.15, -0.1) is 0 Å². The molecule has 3 aromatic rings. The number of benzene rings is 2. The maximum absolute atomic E-state index is 14.7. The first kappa shape index (κ1) is 32.6. The van der Waals surface area contributed by atoms with Crippen LogP contribution in [0.5, 0.6) is 11.6 Å². The lowest BCUT2D eigenvalue weighted by Crippen LogP contribution is -2.46. The van der Waals surface area contributed by atoms with E-state index < -0.39 is 36.0 Å². The predicted molar refractivity (Wildman–Crippen MR) is 161 cm³/mol. The molecule has 0 amide bonds. The molecule has 3 heterocycles. The molecule has 45 heavy (non-hydrogen) atoms. The maximum Gasteiger partial charge on any atom is 0.429 e. The van der Waals surface area contributed by atoms with Crippen molar-refractivity contribution in [2.24, 2.45) is 5.41 Å². The number of rotatable bonds is 9. The third-order valence-electron chi connectivity index (χ3n) is 8.58. The van der Waals surface area contributed by atoms with Crippen LogP contribution in [-0.4, -0.2) is 59.0 Å². The number of ether oxygens (including phenoxy) is 2. The molecule has 0 radical (unpaired) electrons. The third-order valence-corrected chi connectivity index (χ3v) is 8.81. The quantitative estimate of drug-likeness (QED) is 0.225. The van der Waals surface area contributed by atoms with Gasteiger partial charge in [0.25, 0.3) is 0 Å². The smallest absolute Gasteiger partial charge is 0.429 e. The lowest BCUT2D eigenvalue weighted by atomic mass is 9.71. The molecule has 14 heteroatoms. The number of nitrogens with one attached hydrogen (secondary N) is 1. The van der Waals surface area contributed by atoms with Crippen LogP contribution in [0.2, 0.25) is 5.02 Å². The van der Waals surface area contributed by atoms with Crippen LogP contribution in [0.1, 0.15) is 51.2 Å². The second kappa shape index (κ2) is 12.9. The van der Waals surface area contributed by atoms with E-state index in [-0.39, 0.29) is 51.5 Å². The molecule has 0 bridgehead atoms. The van der Waals surface area contributed by atoms with Gasteiger partial charge in [-0.3, -0.25) is 4.79 Å². The van der Waals surface area contributed by atoms with E-state index in [0.29, 0.717) is 38.2 Å². The van der Waals surface area contributed by atoms with E-state index in [1.54, 1.807) is 6.92 Å². The molecular formula is C31H34ClF4N5O4. The molecule has 2 unspecified atom stereocenters. The largest absolute Gasteiger partial charge is 0.494 e. The number of hydrogen-bond acceptors (Lipinski definition) is 8. The number of piperidine rings is 1. The van der Waals surface area contributed by atoms with Crippen LogP contribution in [0.15, 0.2) is 42.5 Å². The van der Waals surface area contributed by atoms with E-state index in [2.05, 4.69) is 15.3 Å². The van der Waals surface area contributed by atoms with Crippen molar-refractivity contribution in [1.82, 2.24) is 15.3 Å². The average Bonchev–Trinajstić information content (AvgIpc) is 3.33. The lowest BCUT2D eigenvalue weighted by molar-refractivity contribution is -0.198. The fourth-order valence-corrected chi connectivity index (χ4v) is 6.70. The highest BCUT2D eigenvalue weighted by atomic mass is 35.5. The molecule has 0 aliphatic carbocycles. The summed E-state index contributed by atoms with van der Waals surface area (Å²) in [6.45, 7) is 4.93. The fraction of sp³-hybridized carbons (Fsp3) is 0.452. The number of carbonyl (C=O) groups is 1. The second-order valence-electron chi connectivity index (χ2n) is 11.4. The lowest BCUT2D eigenvalue weighted by Gasteiger charge is -2.43. The Labute approximate surface area is 262 Å². The first-order valence-electron chi connectivity index (χ1n) is 14.7. The van der Waals surface area contributed by atoms with E-state index in [1.165, 1.54) is 30.3 Å². The first-order chi connectivity index (χ1) is 21.3. The summed E-state index contributed by atoms with van der Waals surface area (Å²) < 4.78 is 69.4. The van der Waals surface area contributed by atoms with Crippen LogP contribution < -0.4 is 25.4 Å². The van der Waals surface area contributed by atoms with Crippen molar-refractivity contribution in [3.05, 3.63) is 58.9 Å². The number of alkyl halides is 3. The Morgan fingerprint density at radius 1 is 1.18 bits per heavy atom. The molecule has 3 atom stereocenters. The van der Waals surface area contributed by atoms with Gasteiger partial charge in [0.2, 0.25) is 17.9 Å². The summed E-state index contributed by atoms with van der Waals surface area (Å²) in [7, 11) is 0. The minimum Gasteiger partial charge on any atom is -0.494 e. The molecular weight excluding hydrogens is 618 g/mol. The zero-order chi connectivity index (χ0) is 32.5. The summed E-state index contributed by atoms with van der Waals surface area (Å²) >= 11 is 6.18. The molecule has 2 aromatic carbocycles. The minimum atomic E-state index is -4.92. The van der Waals surface area contributed by atoms with Crippen LogP contribution in [-0.2, 0) is 4.79 Å². The van der Waals surface area contributed by atoms with Gasteiger partial charge in [-0.2, -0.15) is 23.1 Å². The predicted octanol–water partition coefficient (Wildman–Crippen LogP) is 6.41. The van der Waals surface area contributed by atoms with Crippen molar-refractivity contribution in [2.75, 3.05) is 30.3 Å². The Morgan fingerprint density at radius 3 is 2.56 bits per heavy atom. The molecule has 2 fully saturated rings. The Hall–Kier alpha value is -3.84. The number of nitrogen functional groups attached to an aromatic ring is 1. The Bertz CT molecular complexity index is 1550. The van der Waals surface area contributed by atoms with Crippen molar-refractivity contribution < 1.29 is 36.9 Å². The van der Waals surface area contributed by atoms with Crippen LogP contribution in [0.4, 0.5) is 29.3 Å². The van der Waals surface area contributed by atoms with Gasteiger partial charge in [0.05, 0.1) is 6.61 Å². The number of hydrogen-bond donors (Lipinski definition) is 3. The van der Waals surface area contributed by atoms with Crippen molar-refractivity contribution in [1.29, 1.82) is 0 Å². The highest BCUT2D eigenvalue weighted by molar-refractivity contribution is 6.30. The van der Waals surface area contributed by atoms with Gasteiger partial charge in [0.1, 0.15) is 23.4 Å². The molecule has 1 spiro atoms. The summed E-state index contributed by atoms with van der Waals surface area (Å²) in [4.78, 5) is 21.7. The molecule has 5 rings (SSSR count). The molecule has 4 N–H and O–H groups in total. The molecule has 2 saturated heterocycles. The van der Waals surface area contributed by atoms with Gasteiger partial charge in [0, 0.05) is 41.9 Å². The number of aliphatic carboxylic acids is 1. The van der Waals surface area contributed by atoms with E-state index >= 15 is 0 Å². The molecule has 9 nitrogen and oxygen atoms in total. The van der Waals surface area contributed by atoms with Crippen molar-refractivity contribution in [3.63, 3.8) is 0 Å². The summed E-state index contributed by atoms with van der Waals surface area (Å²) in [5.74, 6) is -1.80. The number of aromatic nitrogens is 2. The Morgan fingerprint density at radius 2 is 1.91 bits per heavy atom. The van der Waals surface area contributed by atoms with Crippen molar-refractivity contribution >= 4 is 29.3 Å². The van der Waals surface area contributed by atoms with Gasteiger partial charge in [0.15, 0.2) is 0 Å². The molecule has 1 aromatic heterocycles. The van der Waals surface area contributed by atoms with Crippen molar-refractivity contribution in [3.8, 4) is 22.8 Å². The molecule has 2 aliphatic rings. The highest BCUT2D eigenvalue weighted by Crippen LogP contribution is 2.46. The van der Waals surface area contributed by atoms with E-state index in [9.17, 15) is 27.5 Å². The normalized spacial score (nSPS) is 20.3. The number of anilines is 2. The molecule has 0 saturated carbocycles. The first-order valence-corrected chi connectivity index (χ1v) is 15.0. The summed E-state index contributed by atoms with van der Waals surface area (Å²) in [5, 5.41) is 12.9. The zero-order valence-corrected chi connectivity index (χ0v) is 25.5. The fourth-order valence-electron chi connectivity index (χ4n) is 6.53. The number of nitrogens with two attached hydrogens (primary N) is 1. The van der Waals surface area contributed by atoms with Gasteiger partial charge < -0.3 is 30.5 Å². The van der Waals surface area contributed by atoms with Gasteiger partial charge >= 0.3 is 12.1 Å². The highest BCUT2D eigenvalue weighted by Gasteiger charge is 2.50. The van der Waals surface area contributed by atoms with Crippen LogP contribution in [0, 0.1) is 11.2 Å². The van der Waals surface area contributed by atoms with Gasteiger partial charge in [-0.1, -0.05) is 24.6 Å². The Balaban J connectivity index is 1.43. The Kier molecular flexibility index (Phi) is 9.31. The summed E-state index contributed by atoms with van der Waals surface area (Å²) in [6, 6.07) is 8.18. The second-order valence-corrected chi connectivity index (χ2v) is 11.8. The number of carboxylic acids is 1. The maximum atomic E-state index is 14.7. The third kappa shape index (κ3) is 7.04. The summed E-state index contributed by atoms with van der Waals surface area (Å²) in [6.07, 6.45) is -4.82. The van der Waals surface area contributed by atoms with Crippen LogP contribution in [0.3, 0.4) is 0 Å². The number of nitrogens with zero attached hydrogens (tertiary/aromatic N) is 3. The monoisotopic (exact) mass is 651 g/mol. The van der Waals surface area contributed by atoms with Crippen LogP contribution >= 0.6 is 11.6 Å². The molecule has 242 valence electrons. The van der Waals surface area contributed by atoms with Crippen LogP contribution in [0.25, 0.3) is 11.1 Å². The summed E-state index contributed by atoms with van der Waals surface area (Å²) in [5.41, 5.74) is 5.54. The van der Waals surface area contributed by atoms with Gasteiger partial charge in [-0.25, -0.2) is 4.39 Å². The zero-order valence-electron chi connectivity index (χ0n) is 24.7. The number of carboxylic acid groups (broad SMARTS) is 1. The SMILES string of the molecule is CCOc1cc(F)cc(-c2cc(Cl)ccc2[C@@H](Oc2cc(N3CCC4(CC3)CC(C(=O)O)NC4CC)nc(N)n2)C(F)(F)F)c1.